The maximum atomic E-state index is 12.6. The summed E-state index contributed by atoms with van der Waals surface area (Å²) in [7, 11) is 0. The number of amides is 2. The Morgan fingerprint density at radius 3 is 3.00 bits per heavy atom. The van der Waals surface area contributed by atoms with Crippen LogP contribution in [0.4, 0.5) is 0 Å². The average molecular weight is 314 g/mol. The van der Waals surface area contributed by atoms with E-state index in [1.807, 2.05) is 18.2 Å². The molecule has 3 heterocycles. The van der Waals surface area contributed by atoms with E-state index >= 15 is 0 Å². The van der Waals surface area contributed by atoms with Crippen LogP contribution in [0, 0.1) is 5.92 Å². The summed E-state index contributed by atoms with van der Waals surface area (Å²) in [4.78, 5) is 31.3. The number of pyridine rings is 1. The minimum atomic E-state index is -0.371. The molecule has 2 amide bonds. The first-order chi connectivity index (χ1) is 11.2. The van der Waals surface area contributed by atoms with Crippen LogP contribution < -0.4 is 5.43 Å². The van der Waals surface area contributed by atoms with Gasteiger partial charge in [0.15, 0.2) is 0 Å². The molecule has 0 bridgehead atoms. The van der Waals surface area contributed by atoms with E-state index in [1.165, 1.54) is 0 Å². The fourth-order valence-electron chi connectivity index (χ4n) is 3.85. The molecule has 1 spiro atoms. The lowest BCUT2D eigenvalue weighted by atomic mass is 9.85. The van der Waals surface area contributed by atoms with Gasteiger partial charge in [0.25, 0.3) is 0 Å². The van der Waals surface area contributed by atoms with Gasteiger partial charge in [-0.3, -0.25) is 24.9 Å². The first-order valence-electron chi connectivity index (χ1n) is 8.42. The molecule has 1 unspecified atom stereocenters. The van der Waals surface area contributed by atoms with Crippen LogP contribution in [0.15, 0.2) is 24.4 Å². The number of hydrazine groups is 1. The second-order valence-electron chi connectivity index (χ2n) is 7.02. The molecular formula is C17H22N4O2. The molecule has 1 aromatic rings. The fourth-order valence-corrected chi connectivity index (χ4v) is 3.85. The number of nitrogens with one attached hydrogen (secondary N) is 1. The summed E-state index contributed by atoms with van der Waals surface area (Å²) in [5.74, 6) is 0.200. The molecule has 0 radical (unpaired) electrons. The standard InChI is InChI=1S/C17H22N4O2/c22-15-10-17(21(19-15)16(23)13-5-6-13)7-3-9-20(12-17)11-14-4-1-2-8-18-14/h1-2,4,8,13H,3,5-7,9-12H2,(H,19,22). The van der Waals surface area contributed by atoms with E-state index < -0.39 is 0 Å². The maximum absolute atomic E-state index is 12.6. The molecule has 4 rings (SSSR count). The van der Waals surface area contributed by atoms with Gasteiger partial charge in [-0.2, -0.15) is 0 Å². The summed E-state index contributed by atoms with van der Waals surface area (Å²) >= 11 is 0. The largest absolute Gasteiger partial charge is 0.295 e. The molecule has 1 aliphatic carbocycles. The van der Waals surface area contributed by atoms with Gasteiger partial charge in [-0.15, -0.1) is 0 Å². The van der Waals surface area contributed by atoms with Gasteiger partial charge in [-0.1, -0.05) is 6.07 Å². The van der Waals surface area contributed by atoms with Gasteiger partial charge >= 0.3 is 0 Å². The minimum absolute atomic E-state index is 0.0290. The van der Waals surface area contributed by atoms with Crippen molar-refractivity contribution >= 4 is 11.8 Å². The lowest BCUT2D eigenvalue weighted by Crippen LogP contribution is -2.59. The van der Waals surface area contributed by atoms with Crippen LogP contribution in [0.2, 0.25) is 0 Å². The lowest BCUT2D eigenvalue weighted by molar-refractivity contribution is -0.144. The van der Waals surface area contributed by atoms with Gasteiger partial charge < -0.3 is 0 Å². The highest BCUT2D eigenvalue weighted by Gasteiger charge is 2.52. The van der Waals surface area contributed by atoms with Crippen molar-refractivity contribution in [3.05, 3.63) is 30.1 Å². The summed E-state index contributed by atoms with van der Waals surface area (Å²) in [5.41, 5.74) is 3.48. The summed E-state index contributed by atoms with van der Waals surface area (Å²) in [6, 6.07) is 5.93. The van der Waals surface area contributed by atoms with Gasteiger partial charge in [0, 0.05) is 25.2 Å². The van der Waals surface area contributed by atoms with Gasteiger partial charge in [0.1, 0.15) is 0 Å². The molecule has 0 aromatic carbocycles. The molecule has 1 atom stereocenters. The monoisotopic (exact) mass is 314 g/mol. The van der Waals surface area contributed by atoms with Crippen LogP contribution >= 0.6 is 0 Å². The summed E-state index contributed by atoms with van der Waals surface area (Å²) in [5, 5.41) is 1.68. The molecule has 122 valence electrons. The maximum Gasteiger partial charge on any atom is 0.244 e. The number of rotatable bonds is 3. The molecule has 6 nitrogen and oxygen atoms in total. The van der Waals surface area contributed by atoms with Crippen molar-refractivity contribution in [3.63, 3.8) is 0 Å². The van der Waals surface area contributed by atoms with Crippen molar-refractivity contribution in [2.75, 3.05) is 13.1 Å². The number of hydrogen-bond acceptors (Lipinski definition) is 4. The predicted molar refractivity (Wildman–Crippen MR) is 83.8 cm³/mol. The van der Waals surface area contributed by atoms with Crippen molar-refractivity contribution < 1.29 is 9.59 Å². The zero-order valence-corrected chi connectivity index (χ0v) is 13.2. The molecule has 3 aliphatic rings. The molecule has 1 saturated carbocycles. The van der Waals surface area contributed by atoms with Crippen molar-refractivity contribution in [1.29, 1.82) is 0 Å². The molecule has 1 aromatic heterocycles. The van der Waals surface area contributed by atoms with E-state index in [0.717, 1.165) is 51.0 Å². The number of piperidine rings is 1. The summed E-state index contributed by atoms with van der Waals surface area (Å²) < 4.78 is 0. The molecule has 23 heavy (non-hydrogen) atoms. The first-order valence-corrected chi connectivity index (χ1v) is 8.42. The Hall–Kier alpha value is -1.95. The Kier molecular flexibility index (Phi) is 3.56. The first kappa shape index (κ1) is 14.6. The zero-order chi connectivity index (χ0) is 15.9. The van der Waals surface area contributed by atoms with Gasteiger partial charge in [-0.05, 0) is 44.4 Å². The van der Waals surface area contributed by atoms with E-state index in [-0.39, 0.29) is 23.3 Å². The number of hydrogen-bond donors (Lipinski definition) is 1. The number of nitrogens with zero attached hydrogens (tertiary/aromatic N) is 3. The Balaban J connectivity index is 1.52. The molecular weight excluding hydrogens is 292 g/mol. The second kappa shape index (κ2) is 5.60. The Morgan fingerprint density at radius 1 is 1.39 bits per heavy atom. The van der Waals surface area contributed by atoms with Crippen LogP contribution in [0.3, 0.4) is 0 Å². The van der Waals surface area contributed by atoms with E-state index in [2.05, 4.69) is 15.3 Å². The van der Waals surface area contributed by atoms with E-state index in [0.29, 0.717) is 6.42 Å². The van der Waals surface area contributed by atoms with Crippen LogP contribution in [0.1, 0.15) is 37.8 Å². The van der Waals surface area contributed by atoms with Gasteiger partial charge in [0.05, 0.1) is 17.7 Å². The van der Waals surface area contributed by atoms with E-state index in [1.54, 1.807) is 11.2 Å². The highest BCUT2D eigenvalue weighted by Crippen LogP contribution is 2.39. The molecule has 3 fully saturated rings. The normalized spacial score (nSPS) is 28.2. The van der Waals surface area contributed by atoms with Gasteiger partial charge in [0.2, 0.25) is 11.8 Å². The fraction of sp³-hybridized carbons (Fsp3) is 0.588. The third kappa shape index (κ3) is 2.83. The number of aromatic nitrogens is 1. The number of carbonyl (C=O) groups is 2. The second-order valence-corrected chi connectivity index (χ2v) is 7.02. The quantitative estimate of drug-likeness (QED) is 0.907. The van der Waals surface area contributed by atoms with E-state index in [9.17, 15) is 9.59 Å². The average Bonchev–Trinajstić information content (AvgIpc) is 3.34. The topological polar surface area (TPSA) is 65.5 Å². The molecule has 1 N–H and O–H groups in total. The van der Waals surface area contributed by atoms with Crippen LogP contribution in [0.5, 0.6) is 0 Å². The Morgan fingerprint density at radius 2 is 2.26 bits per heavy atom. The summed E-state index contributed by atoms with van der Waals surface area (Å²) in [6.07, 6.45) is 6.03. The van der Waals surface area contributed by atoms with Crippen molar-refractivity contribution in [2.45, 2.75) is 44.2 Å². The van der Waals surface area contributed by atoms with Crippen LogP contribution in [-0.4, -0.2) is 45.3 Å². The highest BCUT2D eigenvalue weighted by atomic mass is 16.2. The lowest BCUT2D eigenvalue weighted by Gasteiger charge is -2.44. The predicted octanol–water partition coefficient (Wildman–Crippen LogP) is 1.09. The Bertz CT molecular complexity index is 616. The van der Waals surface area contributed by atoms with Crippen molar-refractivity contribution in [3.8, 4) is 0 Å². The minimum Gasteiger partial charge on any atom is -0.295 e. The highest BCUT2D eigenvalue weighted by molar-refractivity contribution is 5.89. The molecule has 6 heteroatoms. The van der Waals surface area contributed by atoms with Crippen molar-refractivity contribution in [2.24, 2.45) is 5.92 Å². The van der Waals surface area contributed by atoms with E-state index in [4.69, 9.17) is 0 Å². The third-order valence-electron chi connectivity index (χ3n) is 5.09. The SMILES string of the molecule is O=C1CC2(CCCN(Cc3ccccn3)C2)N(C(=O)C2CC2)N1. The number of carbonyl (C=O) groups excluding carboxylic acids is 2. The number of likely N-dealkylation sites (tertiary alicyclic amines) is 1. The Labute approximate surface area is 135 Å². The third-order valence-corrected chi connectivity index (χ3v) is 5.09. The van der Waals surface area contributed by atoms with Crippen molar-refractivity contribution in [1.82, 2.24) is 20.3 Å². The molecule has 2 saturated heterocycles. The van der Waals surface area contributed by atoms with Crippen LogP contribution in [0.25, 0.3) is 0 Å². The van der Waals surface area contributed by atoms with Gasteiger partial charge in [-0.25, -0.2) is 5.01 Å². The summed E-state index contributed by atoms with van der Waals surface area (Å²) in [6.45, 7) is 2.49. The van der Waals surface area contributed by atoms with Crippen LogP contribution in [-0.2, 0) is 16.1 Å². The zero-order valence-electron chi connectivity index (χ0n) is 13.2. The smallest absolute Gasteiger partial charge is 0.244 e. The molecule has 2 aliphatic heterocycles.